The molecule has 19 nitrogen and oxygen atoms in total. The maximum atomic E-state index is 13.9. The predicted molar refractivity (Wildman–Crippen MR) is 108 cm³/mol. The van der Waals surface area contributed by atoms with Crippen LogP contribution in [0.5, 0.6) is 0 Å². The largest absolute Gasteiger partial charge is 0.328 e. The third-order valence-electron chi connectivity index (χ3n) is 3.63. The molecule has 36 heavy (non-hydrogen) atoms. The molecule has 0 bridgehead atoms. The molecule has 0 saturated carbocycles. The van der Waals surface area contributed by atoms with Crippen LogP contribution in [0, 0.1) is 42.0 Å². The standard InChI is InChI=1S/C15H17F2N7.3HNO3/c16-14-2-1-13(15(17)7-14)8-22(3-5-23-11-18-9-20-23)4-6-24-12-19-10-21-24;3*2-1(3)4/h1-2,7,9-12H,3-6,8H2;3*(H,2,3,4). The molecule has 0 spiro atoms. The number of aromatic nitrogens is 6. The van der Waals surface area contributed by atoms with Gasteiger partial charge in [0.05, 0.1) is 13.1 Å². The third-order valence-corrected chi connectivity index (χ3v) is 3.63. The van der Waals surface area contributed by atoms with Gasteiger partial charge in [-0.3, -0.25) is 14.3 Å². The van der Waals surface area contributed by atoms with Crippen LogP contribution < -0.4 is 0 Å². The molecule has 1 aromatic carbocycles. The minimum Gasteiger partial charge on any atom is -0.328 e. The number of rotatable bonds is 8. The Kier molecular flexibility index (Phi) is 14.9. The molecular formula is C15H20F2N10O9. The number of nitrogens with zero attached hydrogens (tertiary/aromatic N) is 10. The van der Waals surface area contributed by atoms with E-state index in [2.05, 4.69) is 25.1 Å². The van der Waals surface area contributed by atoms with Gasteiger partial charge in [-0.15, -0.1) is 30.3 Å². The summed E-state index contributed by atoms with van der Waals surface area (Å²) in [5, 5.41) is 49.0. The molecule has 21 heteroatoms. The fourth-order valence-corrected chi connectivity index (χ4v) is 2.34. The van der Waals surface area contributed by atoms with Gasteiger partial charge in [-0.1, -0.05) is 6.07 Å². The molecule has 0 amide bonds. The number of hydrogen-bond acceptors (Lipinski definition) is 11. The lowest BCUT2D eigenvalue weighted by atomic mass is 10.2. The Morgan fingerprint density at radius 1 is 0.833 bits per heavy atom. The van der Waals surface area contributed by atoms with Crippen molar-refractivity contribution in [2.75, 3.05) is 13.1 Å². The highest BCUT2D eigenvalue weighted by Crippen LogP contribution is 2.12. The summed E-state index contributed by atoms with van der Waals surface area (Å²) < 4.78 is 30.4. The molecule has 198 valence electrons. The first kappa shape index (κ1) is 30.9. The maximum Gasteiger partial charge on any atom is 0.291 e. The van der Waals surface area contributed by atoms with Crippen molar-refractivity contribution in [1.82, 2.24) is 34.4 Å². The van der Waals surface area contributed by atoms with E-state index in [1.54, 1.807) is 22.0 Å². The average molecular weight is 522 g/mol. The third kappa shape index (κ3) is 17.5. The van der Waals surface area contributed by atoms with Gasteiger partial charge in [0.2, 0.25) is 0 Å². The van der Waals surface area contributed by atoms with Crippen molar-refractivity contribution >= 4 is 0 Å². The second-order valence-electron chi connectivity index (χ2n) is 6.04. The molecule has 2 aromatic heterocycles. The smallest absolute Gasteiger partial charge is 0.291 e. The fraction of sp³-hybridized carbons (Fsp3) is 0.333. The Labute approximate surface area is 198 Å². The lowest BCUT2D eigenvalue weighted by Gasteiger charge is -2.22. The van der Waals surface area contributed by atoms with E-state index >= 15 is 0 Å². The molecule has 0 aliphatic rings. The van der Waals surface area contributed by atoms with Crippen molar-refractivity contribution in [2.45, 2.75) is 19.6 Å². The Bertz CT molecular complexity index is 962. The van der Waals surface area contributed by atoms with Gasteiger partial charge in [-0.2, -0.15) is 10.2 Å². The molecule has 0 atom stereocenters. The lowest BCUT2D eigenvalue weighted by molar-refractivity contribution is -0.742. The minimum absolute atomic E-state index is 0.371. The molecule has 3 rings (SSSR count). The summed E-state index contributed by atoms with van der Waals surface area (Å²) in [6.45, 7) is 2.92. The summed E-state index contributed by atoms with van der Waals surface area (Å²) in [6.07, 6.45) is 6.21. The minimum atomic E-state index is -1.50. The fourth-order valence-electron chi connectivity index (χ4n) is 2.34. The SMILES string of the molecule is Fc1ccc(CN(CCn2cncn2)CCn2cncn2)c(F)c1.O=[N+]([O-])O.O=[N+]([O-])O.O=[N+]([O-])O. The lowest BCUT2D eigenvalue weighted by Crippen LogP contribution is -2.31. The Balaban J connectivity index is 0.000000857. The highest BCUT2D eigenvalue weighted by molar-refractivity contribution is 5.18. The number of benzene rings is 1. The van der Waals surface area contributed by atoms with Gasteiger partial charge in [-0.25, -0.2) is 18.7 Å². The van der Waals surface area contributed by atoms with E-state index in [1.165, 1.54) is 24.8 Å². The molecule has 3 aromatic rings. The van der Waals surface area contributed by atoms with Crippen molar-refractivity contribution in [1.29, 1.82) is 0 Å². The van der Waals surface area contributed by atoms with E-state index in [1.807, 2.05) is 0 Å². The summed E-state index contributed by atoms with van der Waals surface area (Å²) in [5.41, 5.74) is 0.452. The van der Waals surface area contributed by atoms with E-state index in [0.29, 0.717) is 38.3 Å². The van der Waals surface area contributed by atoms with Gasteiger partial charge < -0.3 is 15.6 Å². The van der Waals surface area contributed by atoms with Crippen LogP contribution in [0.1, 0.15) is 5.56 Å². The molecule has 0 unspecified atom stereocenters. The zero-order valence-corrected chi connectivity index (χ0v) is 18.1. The normalized spacial score (nSPS) is 9.53. The van der Waals surface area contributed by atoms with E-state index in [0.717, 1.165) is 6.07 Å². The van der Waals surface area contributed by atoms with Crippen molar-refractivity contribution in [3.8, 4) is 0 Å². The molecule has 0 aliphatic heterocycles. The van der Waals surface area contributed by atoms with Crippen LogP contribution in [-0.4, -0.2) is 78.4 Å². The van der Waals surface area contributed by atoms with Gasteiger partial charge in [0.1, 0.15) is 36.9 Å². The molecule has 0 aliphatic carbocycles. The molecule has 0 fully saturated rings. The topological polar surface area (TPSA) is 255 Å². The highest BCUT2D eigenvalue weighted by atomic mass is 19.1. The van der Waals surface area contributed by atoms with Crippen LogP contribution in [-0.2, 0) is 19.6 Å². The van der Waals surface area contributed by atoms with E-state index in [-0.39, 0.29) is 0 Å². The first-order chi connectivity index (χ1) is 16.9. The second-order valence-corrected chi connectivity index (χ2v) is 6.04. The van der Waals surface area contributed by atoms with E-state index < -0.39 is 26.9 Å². The predicted octanol–water partition coefficient (Wildman–Crippen LogP) is 0.307. The van der Waals surface area contributed by atoms with Gasteiger partial charge in [0.15, 0.2) is 0 Å². The highest BCUT2D eigenvalue weighted by Gasteiger charge is 2.11. The van der Waals surface area contributed by atoms with Gasteiger partial charge in [0.25, 0.3) is 15.3 Å². The molecule has 0 saturated heterocycles. The quantitative estimate of drug-likeness (QED) is 0.266. The van der Waals surface area contributed by atoms with Gasteiger partial charge in [-0.05, 0) is 6.07 Å². The van der Waals surface area contributed by atoms with Gasteiger partial charge >= 0.3 is 0 Å². The van der Waals surface area contributed by atoms with Crippen LogP contribution in [0.4, 0.5) is 8.78 Å². The number of halogens is 2. The molecule has 3 N–H and O–H groups in total. The van der Waals surface area contributed by atoms with E-state index in [4.69, 9.17) is 46.0 Å². The number of hydrogen-bond donors (Lipinski definition) is 3. The molecule has 0 radical (unpaired) electrons. The van der Waals surface area contributed by atoms with Crippen molar-refractivity contribution in [3.05, 3.63) is 91.0 Å². The van der Waals surface area contributed by atoms with Crippen LogP contribution in [0.15, 0.2) is 43.5 Å². The summed E-state index contributed by atoms with van der Waals surface area (Å²) in [6, 6.07) is 3.65. The van der Waals surface area contributed by atoms with E-state index in [9.17, 15) is 8.78 Å². The average Bonchev–Trinajstić information content (AvgIpc) is 3.45. The second kappa shape index (κ2) is 17.4. The first-order valence-electron chi connectivity index (χ1n) is 9.21. The first-order valence-corrected chi connectivity index (χ1v) is 9.21. The summed E-state index contributed by atoms with van der Waals surface area (Å²) in [4.78, 5) is 34.9. The van der Waals surface area contributed by atoms with Crippen LogP contribution in [0.25, 0.3) is 0 Å². The zero-order chi connectivity index (χ0) is 27.5. The Morgan fingerprint density at radius 3 is 1.58 bits per heavy atom. The summed E-state index contributed by atoms with van der Waals surface area (Å²) >= 11 is 0. The van der Waals surface area contributed by atoms with Crippen molar-refractivity contribution in [3.63, 3.8) is 0 Å². The maximum absolute atomic E-state index is 13.9. The van der Waals surface area contributed by atoms with Crippen molar-refractivity contribution in [2.24, 2.45) is 0 Å². The zero-order valence-electron chi connectivity index (χ0n) is 18.1. The van der Waals surface area contributed by atoms with Crippen molar-refractivity contribution < 1.29 is 39.7 Å². The van der Waals surface area contributed by atoms with Crippen LogP contribution in [0.3, 0.4) is 0 Å². The molecule has 2 heterocycles. The van der Waals surface area contributed by atoms with Gasteiger partial charge in [0, 0.05) is 31.3 Å². The molecular weight excluding hydrogens is 502 g/mol. The Hall–Kier alpha value is -5.08. The van der Waals surface area contributed by atoms with Crippen LogP contribution >= 0.6 is 0 Å². The summed E-state index contributed by atoms with van der Waals surface area (Å²) in [5.74, 6) is -1.12. The van der Waals surface area contributed by atoms with Crippen LogP contribution in [0.2, 0.25) is 0 Å². The summed E-state index contributed by atoms with van der Waals surface area (Å²) in [7, 11) is 0. The monoisotopic (exact) mass is 522 g/mol. The Morgan fingerprint density at radius 2 is 1.25 bits per heavy atom.